The van der Waals surface area contributed by atoms with Crippen LogP contribution in [0.15, 0.2) is 18.2 Å². The predicted octanol–water partition coefficient (Wildman–Crippen LogP) is 3.09. The van der Waals surface area contributed by atoms with Gasteiger partial charge in [0.25, 0.3) is 0 Å². The second-order valence-corrected chi connectivity index (χ2v) is 4.54. The Balaban J connectivity index is 2.67. The Labute approximate surface area is 113 Å². The fourth-order valence-corrected chi connectivity index (χ4v) is 2.18. The summed E-state index contributed by atoms with van der Waals surface area (Å²) in [6, 6.07) is 6.42. The summed E-state index contributed by atoms with van der Waals surface area (Å²) < 4.78 is 10.6. The van der Waals surface area contributed by atoms with Crippen LogP contribution in [0, 0.1) is 20.8 Å². The molecule has 0 spiro atoms. The first-order valence-electron chi connectivity index (χ1n) is 6.10. The number of rotatable bonds is 3. The van der Waals surface area contributed by atoms with E-state index in [1.165, 1.54) is 0 Å². The first-order valence-corrected chi connectivity index (χ1v) is 6.10. The highest BCUT2D eigenvalue weighted by Gasteiger charge is 2.13. The highest BCUT2D eigenvalue weighted by atomic mass is 16.5. The maximum atomic E-state index is 5.47. The third kappa shape index (κ3) is 2.67. The monoisotopic (exact) mass is 258 g/mol. The average molecular weight is 258 g/mol. The van der Waals surface area contributed by atoms with Gasteiger partial charge in [0.2, 0.25) is 0 Å². The molecule has 0 N–H and O–H groups in total. The summed E-state index contributed by atoms with van der Waals surface area (Å²) in [4.78, 5) is 8.61. The highest BCUT2D eigenvalue weighted by Crippen LogP contribution is 2.33. The Morgan fingerprint density at radius 3 is 2.26 bits per heavy atom. The van der Waals surface area contributed by atoms with E-state index in [-0.39, 0.29) is 0 Å². The quantitative estimate of drug-likeness (QED) is 0.848. The normalized spacial score (nSPS) is 10.4. The Morgan fingerprint density at radius 1 is 0.895 bits per heavy atom. The molecule has 0 unspecified atom stereocenters. The molecule has 0 aliphatic rings. The molecule has 0 saturated heterocycles. The maximum Gasteiger partial charge on any atom is 0.316 e. The molecule has 0 radical (unpaired) electrons. The van der Waals surface area contributed by atoms with Crippen molar-refractivity contribution in [2.24, 2.45) is 0 Å². The van der Waals surface area contributed by atoms with E-state index in [4.69, 9.17) is 9.47 Å². The zero-order valence-electron chi connectivity index (χ0n) is 11.9. The smallest absolute Gasteiger partial charge is 0.316 e. The number of hydrogen-bond donors (Lipinski definition) is 0. The van der Waals surface area contributed by atoms with Gasteiger partial charge in [-0.05, 0) is 44.0 Å². The molecule has 2 rings (SSSR count). The van der Waals surface area contributed by atoms with Crippen LogP contribution in [0.4, 0.5) is 0 Å². The van der Waals surface area contributed by atoms with E-state index < -0.39 is 0 Å². The summed E-state index contributed by atoms with van der Waals surface area (Å²) >= 11 is 0. The van der Waals surface area contributed by atoms with Crippen LogP contribution >= 0.6 is 0 Å². The Bertz CT molecular complexity index is 609. The van der Waals surface area contributed by atoms with Gasteiger partial charge in [0.05, 0.1) is 19.9 Å². The van der Waals surface area contributed by atoms with E-state index in [1.54, 1.807) is 14.2 Å². The minimum absolute atomic E-state index is 0.372. The summed E-state index contributed by atoms with van der Waals surface area (Å²) in [6.45, 7) is 6.02. The molecule has 4 heteroatoms. The van der Waals surface area contributed by atoms with Crippen LogP contribution in [0.3, 0.4) is 0 Å². The summed E-state index contributed by atoms with van der Waals surface area (Å²) in [5.74, 6) is 0.817. The summed E-state index contributed by atoms with van der Waals surface area (Å²) in [5.41, 5.74) is 4.95. The topological polar surface area (TPSA) is 44.2 Å². The second kappa shape index (κ2) is 5.26. The molecular weight excluding hydrogens is 240 g/mol. The third-order valence-electron chi connectivity index (χ3n) is 2.94. The number of ether oxygens (including phenoxy) is 2. The van der Waals surface area contributed by atoms with Crippen LogP contribution in [0.25, 0.3) is 11.3 Å². The van der Waals surface area contributed by atoms with Crippen LogP contribution in [-0.4, -0.2) is 24.2 Å². The molecule has 0 amide bonds. The molecule has 0 aliphatic heterocycles. The first kappa shape index (κ1) is 13.3. The zero-order chi connectivity index (χ0) is 14.0. The summed E-state index contributed by atoms with van der Waals surface area (Å²) in [7, 11) is 3.24. The summed E-state index contributed by atoms with van der Waals surface area (Å²) in [5, 5.41) is 0. The van der Waals surface area contributed by atoms with Crippen LogP contribution in [-0.2, 0) is 0 Å². The zero-order valence-corrected chi connectivity index (χ0v) is 11.9. The van der Waals surface area contributed by atoms with Gasteiger partial charge in [-0.25, -0.2) is 4.98 Å². The summed E-state index contributed by atoms with van der Waals surface area (Å²) in [6.07, 6.45) is 0. The lowest BCUT2D eigenvalue weighted by Gasteiger charge is -2.13. The first-order chi connectivity index (χ1) is 9.05. The highest BCUT2D eigenvalue weighted by molar-refractivity contribution is 5.72. The number of methoxy groups -OCH3 is 2. The van der Waals surface area contributed by atoms with Crippen molar-refractivity contribution in [3.63, 3.8) is 0 Å². The molecule has 0 fully saturated rings. The molecule has 100 valence electrons. The molecule has 0 bridgehead atoms. The van der Waals surface area contributed by atoms with Crippen molar-refractivity contribution in [3.8, 4) is 23.0 Å². The number of hydrogen-bond acceptors (Lipinski definition) is 4. The van der Waals surface area contributed by atoms with Crippen LogP contribution < -0.4 is 9.47 Å². The van der Waals surface area contributed by atoms with Crippen LogP contribution in [0.2, 0.25) is 0 Å². The van der Waals surface area contributed by atoms with Crippen molar-refractivity contribution in [3.05, 3.63) is 35.0 Å². The molecule has 1 aromatic carbocycles. The van der Waals surface area contributed by atoms with Gasteiger partial charge >= 0.3 is 6.01 Å². The standard InChI is InChI=1S/C15H18N2O2/c1-9-6-10(2)14(13(7-9)18-4)12-8-11(3)16-15(17-12)19-5/h6-8H,1-5H3. The minimum atomic E-state index is 0.372. The van der Waals surface area contributed by atoms with Gasteiger partial charge in [0, 0.05) is 11.3 Å². The van der Waals surface area contributed by atoms with Gasteiger partial charge in [0.1, 0.15) is 5.75 Å². The fourth-order valence-electron chi connectivity index (χ4n) is 2.18. The van der Waals surface area contributed by atoms with Gasteiger partial charge in [-0.2, -0.15) is 4.98 Å². The van der Waals surface area contributed by atoms with Gasteiger partial charge in [-0.3, -0.25) is 0 Å². The average Bonchev–Trinajstić information content (AvgIpc) is 2.36. The number of benzene rings is 1. The number of aromatic nitrogens is 2. The Hall–Kier alpha value is -2.10. The van der Waals surface area contributed by atoms with Crippen molar-refractivity contribution >= 4 is 0 Å². The van der Waals surface area contributed by atoms with Gasteiger partial charge in [0.15, 0.2) is 0 Å². The molecule has 1 heterocycles. The molecule has 0 saturated carbocycles. The van der Waals surface area contributed by atoms with Crippen molar-refractivity contribution < 1.29 is 9.47 Å². The molecule has 0 aliphatic carbocycles. The molecule has 0 atom stereocenters. The predicted molar refractivity (Wildman–Crippen MR) is 74.8 cm³/mol. The maximum absolute atomic E-state index is 5.47. The van der Waals surface area contributed by atoms with Gasteiger partial charge < -0.3 is 9.47 Å². The molecule has 19 heavy (non-hydrogen) atoms. The van der Waals surface area contributed by atoms with Crippen LogP contribution in [0.1, 0.15) is 16.8 Å². The van der Waals surface area contributed by atoms with E-state index in [1.807, 2.05) is 26.0 Å². The van der Waals surface area contributed by atoms with E-state index in [0.29, 0.717) is 6.01 Å². The molecule has 4 nitrogen and oxygen atoms in total. The largest absolute Gasteiger partial charge is 0.496 e. The van der Waals surface area contributed by atoms with Crippen molar-refractivity contribution in [1.29, 1.82) is 0 Å². The van der Waals surface area contributed by atoms with Crippen molar-refractivity contribution in [1.82, 2.24) is 9.97 Å². The lowest BCUT2D eigenvalue weighted by atomic mass is 10.0. The Morgan fingerprint density at radius 2 is 1.63 bits per heavy atom. The number of aryl methyl sites for hydroxylation is 3. The molecule has 2 aromatic rings. The minimum Gasteiger partial charge on any atom is -0.496 e. The molecular formula is C15H18N2O2. The van der Waals surface area contributed by atoms with E-state index >= 15 is 0 Å². The van der Waals surface area contributed by atoms with Gasteiger partial charge in [-0.1, -0.05) is 6.07 Å². The van der Waals surface area contributed by atoms with E-state index in [2.05, 4.69) is 23.0 Å². The third-order valence-corrected chi connectivity index (χ3v) is 2.94. The molecule has 1 aromatic heterocycles. The lowest BCUT2D eigenvalue weighted by molar-refractivity contribution is 0.379. The SMILES string of the molecule is COc1nc(C)cc(-c2c(C)cc(C)cc2OC)n1. The Kier molecular flexibility index (Phi) is 3.69. The van der Waals surface area contributed by atoms with Crippen LogP contribution in [0.5, 0.6) is 11.8 Å². The van der Waals surface area contributed by atoms with E-state index in [0.717, 1.165) is 33.8 Å². The number of nitrogens with zero attached hydrogens (tertiary/aromatic N) is 2. The fraction of sp³-hybridized carbons (Fsp3) is 0.333. The van der Waals surface area contributed by atoms with Crippen molar-refractivity contribution in [2.45, 2.75) is 20.8 Å². The van der Waals surface area contributed by atoms with Gasteiger partial charge in [-0.15, -0.1) is 0 Å². The van der Waals surface area contributed by atoms with E-state index in [9.17, 15) is 0 Å². The lowest BCUT2D eigenvalue weighted by Crippen LogP contribution is -1.99. The second-order valence-electron chi connectivity index (χ2n) is 4.54. The van der Waals surface area contributed by atoms with Crippen molar-refractivity contribution in [2.75, 3.05) is 14.2 Å².